The Bertz CT molecular complexity index is 708. The molecule has 7 nitrogen and oxygen atoms in total. The number of para-hydroxylation sites is 1. The van der Waals surface area contributed by atoms with Gasteiger partial charge in [0, 0.05) is 51.5 Å². The molecule has 1 N–H and O–H groups in total. The molecule has 0 bridgehead atoms. The normalized spacial score (nSPS) is 22.8. The minimum atomic E-state index is 0. The maximum atomic E-state index is 12.7. The van der Waals surface area contributed by atoms with Crippen LogP contribution in [0.1, 0.15) is 12.0 Å². The van der Waals surface area contributed by atoms with Crippen molar-refractivity contribution in [3.05, 3.63) is 29.8 Å². The number of hydrogen-bond acceptors (Lipinski definition) is 4. The molecule has 3 heterocycles. The van der Waals surface area contributed by atoms with E-state index >= 15 is 0 Å². The van der Waals surface area contributed by atoms with Gasteiger partial charge in [-0.1, -0.05) is 18.2 Å². The molecule has 1 aromatic carbocycles. The number of likely N-dealkylation sites (tertiary alicyclic amines) is 1. The molecular weight excluding hydrogens is 469 g/mol. The van der Waals surface area contributed by atoms with Crippen molar-refractivity contribution in [1.82, 2.24) is 15.1 Å². The van der Waals surface area contributed by atoms with Crippen LogP contribution in [0.3, 0.4) is 0 Å². The molecule has 1 atom stereocenters. The van der Waals surface area contributed by atoms with Crippen LogP contribution in [0.25, 0.3) is 0 Å². The molecule has 1 amide bonds. The van der Waals surface area contributed by atoms with Crippen LogP contribution < -0.4 is 10.2 Å². The molecule has 1 aromatic rings. The predicted molar refractivity (Wildman–Crippen MR) is 122 cm³/mol. The molecule has 0 spiro atoms. The van der Waals surface area contributed by atoms with Crippen LogP contribution in [0.15, 0.2) is 29.3 Å². The van der Waals surface area contributed by atoms with Crippen LogP contribution in [0.4, 0.5) is 5.69 Å². The van der Waals surface area contributed by atoms with Crippen molar-refractivity contribution in [1.29, 1.82) is 0 Å². The quantitative estimate of drug-likeness (QED) is 0.385. The highest BCUT2D eigenvalue weighted by Gasteiger charge is 2.31. The van der Waals surface area contributed by atoms with Gasteiger partial charge in [-0.25, -0.2) is 0 Å². The van der Waals surface area contributed by atoms with Gasteiger partial charge in [0.25, 0.3) is 0 Å². The van der Waals surface area contributed by atoms with Gasteiger partial charge in [0.05, 0.1) is 19.8 Å². The first-order chi connectivity index (χ1) is 13.3. The Kier molecular flexibility index (Phi) is 7.53. The van der Waals surface area contributed by atoms with Crippen molar-refractivity contribution in [3.63, 3.8) is 0 Å². The van der Waals surface area contributed by atoms with E-state index in [9.17, 15) is 4.79 Å². The molecule has 0 aromatic heterocycles. The molecule has 3 aliphatic heterocycles. The summed E-state index contributed by atoms with van der Waals surface area (Å²) in [5, 5.41) is 3.28. The second-order valence-electron chi connectivity index (χ2n) is 7.36. The molecule has 4 rings (SSSR count). The van der Waals surface area contributed by atoms with Crippen LogP contribution in [-0.4, -0.2) is 87.2 Å². The second-order valence-corrected chi connectivity index (χ2v) is 7.36. The number of carbonyl (C=O) groups is 1. The van der Waals surface area contributed by atoms with Crippen LogP contribution in [0.2, 0.25) is 0 Å². The standard InChI is InChI=1S/C20H29N5O2.HI/c1-21-20(24-8-7-17(15-24)23-10-12-27-13-11-23)22-14-19(26)25-9-6-16-4-2-3-5-18(16)25;/h2-5,17H,6-15H2,1H3,(H,21,22);1H. The minimum absolute atomic E-state index is 0. The lowest BCUT2D eigenvalue weighted by Crippen LogP contribution is -2.48. The summed E-state index contributed by atoms with van der Waals surface area (Å²) in [7, 11) is 1.79. The number of fused-ring (bicyclic) bond motifs is 1. The molecule has 154 valence electrons. The number of rotatable bonds is 3. The number of halogens is 1. The zero-order chi connectivity index (χ0) is 18.6. The lowest BCUT2D eigenvalue weighted by molar-refractivity contribution is -0.117. The Morgan fingerprint density at radius 3 is 2.79 bits per heavy atom. The molecule has 3 aliphatic rings. The molecule has 0 aliphatic carbocycles. The molecule has 8 heteroatoms. The third-order valence-corrected chi connectivity index (χ3v) is 5.82. The van der Waals surface area contributed by atoms with Gasteiger partial charge in [0.1, 0.15) is 0 Å². The molecule has 0 radical (unpaired) electrons. The number of benzene rings is 1. The largest absolute Gasteiger partial charge is 0.379 e. The van der Waals surface area contributed by atoms with Crippen LogP contribution in [0.5, 0.6) is 0 Å². The van der Waals surface area contributed by atoms with Crippen molar-refractivity contribution >= 4 is 41.5 Å². The van der Waals surface area contributed by atoms with Gasteiger partial charge in [-0.2, -0.15) is 0 Å². The summed E-state index contributed by atoms with van der Waals surface area (Å²) in [6.45, 7) is 6.66. The summed E-state index contributed by atoms with van der Waals surface area (Å²) in [6, 6.07) is 8.71. The fraction of sp³-hybridized carbons (Fsp3) is 0.600. The van der Waals surface area contributed by atoms with E-state index in [1.165, 1.54) is 5.56 Å². The Hall–Kier alpha value is -1.39. The number of aliphatic imine (C=N–C) groups is 1. The van der Waals surface area contributed by atoms with E-state index in [2.05, 4.69) is 26.2 Å². The van der Waals surface area contributed by atoms with E-state index in [-0.39, 0.29) is 36.4 Å². The van der Waals surface area contributed by atoms with Crippen LogP contribution >= 0.6 is 24.0 Å². The lowest BCUT2D eigenvalue weighted by atomic mass is 10.2. The van der Waals surface area contributed by atoms with Crippen molar-refractivity contribution in [3.8, 4) is 0 Å². The average molecular weight is 499 g/mol. The Balaban J connectivity index is 0.00000225. The number of nitrogens with one attached hydrogen (secondary N) is 1. The maximum absolute atomic E-state index is 12.7. The number of carbonyl (C=O) groups excluding carboxylic acids is 1. The van der Waals surface area contributed by atoms with Gasteiger partial charge in [0.2, 0.25) is 5.91 Å². The van der Waals surface area contributed by atoms with Gasteiger partial charge in [-0.15, -0.1) is 24.0 Å². The number of hydrogen-bond donors (Lipinski definition) is 1. The first-order valence-corrected chi connectivity index (χ1v) is 9.92. The van der Waals surface area contributed by atoms with Crippen LogP contribution in [-0.2, 0) is 16.0 Å². The van der Waals surface area contributed by atoms with E-state index in [4.69, 9.17) is 4.74 Å². The minimum Gasteiger partial charge on any atom is -0.379 e. The fourth-order valence-corrected chi connectivity index (χ4v) is 4.35. The Morgan fingerprint density at radius 2 is 2.00 bits per heavy atom. The number of amides is 1. The second kappa shape index (κ2) is 9.89. The zero-order valence-electron chi connectivity index (χ0n) is 16.5. The SMILES string of the molecule is CN=C(NCC(=O)N1CCc2ccccc21)N1CCC(N2CCOCC2)C1.I. The van der Waals surface area contributed by atoms with E-state index in [0.29, 0.717) is 6.04 Å². The third-order valence-electron chi connectivity index (χ3n) is 5.82. The van der Waals surface area contributed by atoms with Crippen molar-refractivity contribution in [2.75, 3.05) is 64.4 Å². The van der Waals surface area contributed by atoms with E-state index in [1.54, 1.807) is 7.05 Å². The number of ether oxygens (including phenoxy) is 1. The van der Waals surface area contributed by atoms with Gasteiger partial charge in [-0.3, -0.25) is 14.7 Å². The zero-order valence-corrected chi connectivity index (χ0v) is 18.8. The first-order valence-electron chi connectivity index (χ1n) is 9.92. The first kappa shape index (κ1) is 21.3. The summed E-state index contributed by atoms with van der Waals surface area (Å²) in [5.74, 6) is 0.927. The Morgan fingerprint density at radius 1 is 1.21 bits per heavy atom. The van der Waals surface area contributed by atoms with Crippen LogP contribution in [0, 0.1) is 0 Å². The van der Waals surface area contributed by atoms with E-state index in [1.807, 2.05) is 23.1 Å². The summed E-state index contributed by atoms with van der Waals surface area (Å²) in [5.41, 5.74) is 2.30. The fourth-order valence-electron chi connectivity index (χ4n) is 4.35. The van der Waals surface area contributed by atoms with E-state index in [0.717, 1.165) is 70.4 Å². The summed E-state index contributed by atoms with van der Waals surface area (Å²) in [4.78, 5) is 23.8. The number of guanidine groups is 1. The highest BCUT2D eigenvalue weighted by Crippen LogP contribution is 2.27. The number of morpholine rings is 1. The third kappa shape index (κ3) is 4.60. The Labute approximate surface area is 184 Å². The summed E-state index contributed by atoms with van der Waals surface area (Å²) < 4.78 is 5.46. The predicted octanol–water partition coefficient (Wildman–Crippen LogP) is 1.18. The molecule has 2 fully saturated rings. The number of nitrogens with zero attached hydrogens (tertiary/aromatic N) is 4. The summed E-state index contributed by atoms with van der Waals surface area (Å²) >= 11 is 0. The number of anilines is 1. The van der Waals surface area contributed by atoms with Gasteiger partial charge in [-0.05, 0) is 24.5 Å². The molecule has 0 saturated carbocycles. The van der Waals surface area contributed by atoms with Crippen molar-refractivity contribution in [2.24, 2.45) is 4.99 Å². The van der Waals surface area contributed by atoms with Gasteiger partial charge < -0.3 is 19.9 Å². The maximum Gasteiger partial charge on any atom is 0.246 e. The van der Waals surface area contributed by atoms with Crippen molar-refractivity contribution in [2.45, 2.75) is 18.9 Å². The highest BCUT2D eigenvalue weighted by molar-refractivity contribution is 14.0. The topological polar surface area (TPSA) is 60.4 Å². The lowest BCUT2D eigenvalue weighted by Gasteiger charge is -2.32. The average Bonchev–Trinajstić information content (AvgIpc) is 3.37. The highest BCUT2D eigenvalue weighted by atomic mass is 127. The smallest absolute Gasteiger partial charge is 0.246 e. The molecular formula is C20H30IN5O2. The molecule has 2 saturated heterocycles. The van der Waals surface area contributed by atoms with Gasteiger partial charge >= 0.3 is 0 Å². The van der Waals surface area contributed by atoms with E-state index < -0.39 is 0 Å². The molecule has 28 heavy (non-hydrogen) atoms. The monoisotopic (exact) mass is 499 g/mol. The molecule has 1 unspecified atom stereocenters. The van der Waals surface area contributed by atoms with Gasteiger partial charge in [0.15, 0.2) is 5.96 Å². The van der Waals surface area contributed by atoms with Crippen molar-refractivity contribution < 1.29 is 9.53 Å². The summed E-state index contributed by atoms with van der Waals surface area (Å²) in [6.07, 6.45) is 2.07.